The highest BCUT2D eigenvalue weighted by Crippen LogP contribution is 2.28. The van der Waals surface area contributed by atoms with Crippen LogP contribution in [-0.4, -0.2) is 54.8 Å². The lowest BCUT2D eigenvalue weighted by atomic mass is 10.2. The molecule has 2 aromatic rings. The molecule has 14 heteroatoms. The second-order valence-electron chi connectivity index (χ2n) is 7.59. The van der Waals surface area contributed by atoms with Gasteiger partial charge in [-0.3, -0.25) is 9.59 Å². The van der Waals surface area contributed by atoms with E-state index in [0.29, 0.717) is 43.9 Å². The van der Waals surface area contributed by atoms with Crippen LogP contribution < -0.4 is 27.0 Å². The number of anilines is 2. The number of nitrogens with two attached hydrogens (primary N) is 1. The van der Waals surface area contributed by atoms with Crippen LogP contribution in [-0.2, 0) is 19.2 Å². The molecule has 0 aromatic heterocycles. The SMILES string of the molecule is N[C@@H](C=O)CCC(=O)N[C@H](CSc1cc(Cl)cc(NC(=O)Nc2cc(Cl)cc(Cl)c2)c1)C(=O)NCC=O. The Morgan fingerprint density at radius 3 is 2.11 bits per heavy atom. The summed E-state index contributed by atoms with van der Waals surface area (Å²) in [5.41, 5.74) is 6.26. The van der Waals surface area contributed by atoms with E-state index in [1.165, 1.54) is 36.0 Å². The Kier molecular flexibility index (Phi) is 12.7. The summed E-state index contributed by atoms with van der Waals surface area (Å²) in [6, 6.07) is 7.03. The third-order valence-electron chi connectivity index (χ3n) is 4.56. The molecule has 6 N–H and O–H groups in total. The maximum Gasteiger partial charge on any atom is 0.323 e. The van der Waals surface area contributed by atoms with Crippen LogP contribution in [0.1, 0.15) is 12.8 Å². The number of hydrogen-bond acceptors (Lipinski definition) is 7. The average molecular weight is 589 g/mol. The van der Waals surface area contributed by atoms with Crippen molar-refractivity contribution in [1.82, 2.24) is 10.6 Å². The number of hydrogen-bond donors (Lipinski definition) is 5. The van der Waals surface area contributed by atoms with Crippen molar-refractivity contribution in [2.45, 2.75) is 29.8 Å². The Morgan fingerprint density at radius 1 is 0.919 bits per heavy atom. The molecular formula is C23H24Cl3N5O5S. The molecule has 0 aliphatic carbocycles. The van der Waals surface area contributed by atoms with Crippen molar-refractivity contribution < 1.29 is 24.0 Å². The van der Waals surface area contributed by atoms with E-state index in [-0.39, 0.29) is 25.1 Å². The van der Waals surface area contributed by atoms with Gasteiger partial charge in [-0.2, -0.15) is 0 Å². The van der Waals surface area contributed by atoms with Gasteiger partial charge in [0.15, 0.2) is 0 Å². The fourth-order valence-electron chi connectivity index (χ4n) is 2.90. The number of thioether (sulfide) groups is 1. The molecule has 2 atom stereocenters. The zero-order valence-electron chi connectivity index (χ0n) is 19.3. The lowest BCUT2D eigenvalue weighted by Gasteiger charge is -2.18. The van der Waals surface area contributed by atoms with Crippen LogP contribution in [0.2, 0.25) is 15.1 Å². The fourth-order valence-corrected chi connectivity index (χ4v) is 4.74. The summed E-state index contributed by atoms with van der Waals surface area (Å²) in [4.78, 5) is 59.0. The lowest BCUT2D eigenvalue weighted by Crippen LogP contribution is -2.48. The van der Waals surface area contributed by atoms with E-state index < -0.39 is 29.9 Å². The lowest BCUT2D eigenvalue weighted by molar-refractivity contribution is -0.128. The summed E-state index contributed by atoms with van der Waals surface area (Å²) in [5, 5.41) is 11.3. The molecule has 198 valence electrons. The van der Waals surface area contributed by atoms with Crippen LogP contribution in [0.15, 0.2) is 41.3 Å². The number of amides is 4. The van der Waals surface area contributed by atoms with Crippen molar-refractivity contribution in [2.75, 3.05) is 22.9 Å². The molecule has 2 aromatic carbocycles. The third kappa shape index (κ3) is 11.4. The van der Waals surface area contributed by atoms with Gasteiger partial charge in [0, 0.05) is 43.5 Å². The van der Waals surface area contributed by atoms with Gasteiger partial charge >= 0.3 is 6.03 Å². The number of rotatable bonds is 13. The monoisotopic (exact) mass is 587 g/mol. The Hall–Kier alpha value is -2.83. The Bertz CT molecular complexity index is 1130. The first-order valence-corrected chi connectivity index (χ1v) is 12.9. The minimum absolute atomic E-state index is 0.0553. The Labute approximate surface area is 232 Å². The van der Waals surface area contributed by atoms with Crippen molar-refractivity contribution in [3.63, 3.8) is 0 Å². The van der Waals surface area contributed by atoms with Crippen LogP contribution in [0.5, 0.6) is 0 Å². The molecule has 0 radical (unpaired) electrons. The van der Waals surface area contributed by atoms with E-state index >= 15 is 0 Å². The highest BCUT2D eigenvalue weighted by Gasteiger charge is 2.21. The molecule has 0 aliphatic heterocycles. The number of carbonyl (C=O) groups excluding carboxylic acids is 5. The van der Waals surface area contributed by atoms with Crippen molar-refractivity contribution >= 4 is 88.4 Å². The second kappa shape index (κ2) is 15.4. The molecule has 0 heterocycles. The van der Waals surface area contributed by atoms with E-state index in [0.717, 1.165) is 0 Å². The Balaban J connectivity index is 2.05. The summed E-state index contributed by atoms with van der Waals surface area (Å²) >= 11 is 19.3. The normalized spacial score (nSPS) is 12.1. The van der Waals surface area contributed by atoms with Gasteiger partial charge in [0.1, 0.15) is 18.6 Å². The summed E-state index contributed by atoms with van der Waals surface area (Å²) in [6.07, 6.45) is 1.12. The van der Waals surface area contributed by atoms with E-state index in [4.69, 9.17) is 40.5 Å². The molecule has 0 unspecified atom stereocenters. The van der Waals surface area contributed by atoms with Gasteiger partial charge in [-0.25, -0.2) is 4.79 Å². The summed E-state index contributed by atoms with van der Waals surface area (Å²) in [7, 11) is 0. The molecule has 0 aliphatic rings. The minimum Gasteiger partial charge on any atom is -0.348 e. The van der Waals surface area contributed by atoms with E-state index in [1.54, 1.807) is 12.1 Å². The molecule has 0 fully saturated rings. The van der Waals surface area contributed by atoms with Crippen LogP contribution in [0.3, 0.4) is 0 Å². The molecule has 2 rings (SSSR count). The highest BCUT2D eigenvalue weighted by atomic mass is 35.5. The number of benzene rings is 2. The summed E-state index contributed by atoms with van der Waals surface area (Å²) < 4.78 is 0. The van der Waals surface area contributed by atoms with Crippen molar-refractivity contribution in [2.24, 2.45) is 5.73 Å². The van der Waals surface area contributed by atoms with Crippen molar-refractivity contribution in [3.05, 3.63) is 51.5 Å². The molecule has 37 heavy (non-hydrogen) atoms. The summed E-state index contributed by atoms with van der Waals surface area (Å²) in [6.45, 7) is -0.218. The first kappa shape index (κ1) is 30.4. The topological polar surface area (TPSA) is 159 Å². The number of nitrogens with one attached hydrogen (secondary N) is 4. The molecule has 0 saturated heterocycles. The maximum absolute atomic E-state index is 12.5. The van der Waals surface area contributed by atoms with Crippen molar-refractivity contribution in [3.8, 4) is 0 Å². The minimum atomic E-state index is -0.990. The van der Waals surface area contributed by atoms with Gasteiger partial charge in [0.25, 0.3) is 0 Å². The molecule has 10 nitrogen and oxygen atoms in total. The summed E-state index contributed by atoms with van der Waals surface area (Å²) in [5.74, 6) is -0.952. The fraction of sp³-hybridized carbons (Fsp3) is 0.261. The molecular weight excluding hydrogens is 565 g/mol. The molecule has 0 saturated carbocycles. The first-order valence-electron chi connectivity index (χ1n) is 10.8. The number of halogens is 3. The predicted molar refractivity (Wildman–Crippen MR) is 146 cm³/mol. The number of carbonyl (C=O) groups is 5. The first-order chi connectivity index (χ1) is 17.6. The van der Waals surface area contributed by atoms with E-state index in [9.17, 15) is 24.0 Å². The highest BCUT2D eigenvalue weighted by molar-refractivity contribution is 7.99. The van der Waals surface area contributed by atoms with Gasteiger partial charge in [0.05, 0.1) is 12.6 Å². The Morgan fingerprint density at radius 2 is 1.51 bits per heavy atom. The van der Waals surface area contributed by atoms with Crippen LogP contribution >= 0.6 is 46.6 Å². The van der Waals surface area contributed by atoms with Gasteiger partial charge in [-0.05, 0) is 42.8 Å². The van der Waals surface area contributed by atoms with Gasteiger partial charge in [-0.15, -0.1) is 11.8 Å². The van der Waals surface area contributed by atoms with E-state index in [1.807, 2.05) is 0 Å². The van der Waals surface area contributed by atoms with Crippen LogP contribution in [0.4, 0.5) is 16.2 Å². The number of aldehydes is 2. The molecule has 0 bridgehead atoms. The third-order valence-corrected chi connectivity index (χ3v) is 6.28. The number of urea groups is 1. The standard InChI is InChI=1S/C23H24Cl3N5O5S/c24-13-5-14(25)7-17(6-13)29-23(36)30-18-8-15(26)9-19(10-18)37-12-20(22(35)28-3-4-32)31-21(34)2-1-16(27)11-33/h4-11,16,20H,1-3,12,27H2,(H,28,35)(H,31,34)(H2,29,30,36)/t16-,20-/m1/s1. The average Bonchev–Trinajstić information content (AvgIpc) is 2.82. The van der Waals surface area contributed by atoms with Crippen LogP contribution in [0.25, 0.3) is 0 Å². The zero-order valence-corrected chi connectivity index (χ0v) is 22.3. The largest absolute Gasteiger partial charge is 0.348 e. The quantitative estimate of drug-likeness (QED) is 0.177. The second-order valence-corrected chi connectivity index (χ2v) is 10.00. The zero-order chi connectivity index (χ0) is 27.4. The van der Waals surface area contributed by atoms with Gasteiger partial charge in [0.2, 0.25) is 11.8 Å². The predicted octanol–water partition coefficient (Wildman–Crippen LogP) is 3.49. The smallest absolute Gasteiger partial charge is 0.323 e. The van der Waals surface area contributed by atoms with Crippen molar-refractivity contribution in [1.29, 1.82) is 0 Å². The van der Waals surface area contributed by atoms with E-state index in [2.05, 4.69) is 21.3 Å². The molecule has 0 spiro atoms. The van der Waals surface area contributed by atoms with Gasteiger partial charge in [-0.1, -0.05) is 34.8 Å². The van der Waals surface area contributed by atoms with Crippen LogP contribution in [0, 0.1) is 0 Å². The van der Waals surface area contributed by atoms with Gasteiger partial charge < -0.3 is 36.6 Å². The maximum atomic E-state index is 12.5. The molecule has 4 amide bonds.